The lowest BCUT2D eigenvalue weighted by Gasteiger charge is -2.32. The maximum absolute atomic E-state index is 12.5. The molecule has 180 valence electrons. The first kappa shape index (κ1) is 22.6. The first-order valence-corrected chi connectivity index (χ1v) is 11.6. The third kappa shape index (κ3) is 4.49. The molecule has 0 spiro atoms. The summed E-state index contributed by atoms with van der Waals surface area (Å²) in [5.74, 6) is -1.58. The Labute approximate surface area is 202 Å². The third-order valence-corrected chi connectivity index (χ3v) is 6.74. The Bertz CT molecular complexity index is 1250. The van der Waals surface area contributed by atoms with E-state index < -0.39 is 18.0 Å². The van der Waals surface area contributed by atoms with Crippen molar-refractivity contribution in [1.82, 2.24) is 20.4 Å². The van der Waals surface area contributed by atoms with Crippen molar-refractivity contribution >= 4 is 18.0 Å². The van der Waals surface area contributed by atoms with Crippen molar-refractivity contribution in [2.45, 2.75) is 31.3 Å². The fourth-order valence-corrected chi connectivity index (χ4v) is 4.83. The van der Waals surface area contributed by atoms with E-state index in [1.54, 1.807) is 13.1 Å². The summed E-state index contributed by atoms with van der Waals surface area (Å²) >= 11 is 0. The van der Waals surface area contributed by atoms with E-state index in [1.807, 2.05) is 24.3 Å². The zero-order chi connectivity index (χ0) is 24.5. The van der Waals surface area contributed by atoms with Crippen molar-refractivity contribution in [3.8, 4) is 11.1 Å². The van der Waals surface area contributed by atoms with Crippen LogP contribution in [0.5, 0.6) is 0 Å². The van der Waals surface area contributed by atoms with Crippen LogP contribution in [0.15, 0.2) is 54.6 Å². The van der Waals surface area contributed by atoms with Crippen molar-refractivity contribution in [1.29, 1.82) is 0 Å². The normalized spacial score (nSPS) is 18.2. The number of hydrogen-bond donors (Lipinski definition) is 3. The molecule has 2 aliphatic carbocycles. The number of carbonyl (C=O) groups is 3. The molecule has 1 aromatic heterocycles. The molecule has 35 heavy (non-hydrogen) atoms. The second kappa shape index (κ2) is 9.25. The average Bonchev–Trinajstić information content (AvgIpc) is 3.35. The number of carboxylic acids is 1. The van der Waals surface area contributed by atoms with Gasteiger partial charge in [-0.05, 0) is 41.2 Å². The van der Waals surface area contributed by atoms with Crippen LogP contribution >= 0.6 is 0 Å². The summed E-state index contributed by atoms with van der Waals surface area (Å²) in [6.45, 7) is 0.330. The molecule has 1 heterocycles. The van der Waals surface area contributed by atoms with E-state index in [2.05, 4.69) is 40.0 Å². The summed E-state index contributed by atoms with van der Waals surface area (Å²) in [5.41, 5.74) is 5.47. The van der Waals surface area contributed by atoms with E-state index in [9.17, 15) is 14.4 Å². The van der Waals surface area contributed by atoms with Crippen molar-refractivity contribution in [3.63, 3.8) is 0 Å². The fourth-order valence-electron chi connectivity index (χ4n) is 4.83. The number of hydrogen-bond acceptors (Lipinski definition) is 5. The summed E-state index contributed by atoms with van der Waals surface area (Å²) in [4.78, 5) is 35.8. The third-order valence-electron chi connectivity index (χ3n) is 6.74. The van der Waals surface area contributed by atoms with Gasteiger partial charge in [-0.2, -0.15) is 5.10 Å². The van der Waals surface area contributed by atoms with Crippen LogP contribution in [-0.4, -0.2) is 45.5 Å². The number of nitrogens with one attached hydrogen (secondary N) is 2. The van der Waals surface area contributed by atoms with Crippen molar-refractivity contribution in [2.75, 3.05) is 6.61 Å². The molecule has 9 nitrogen and oxygen atoms in total. The maximum Gasteiger partial charge on any atom is 0.407 e. The number of carbonyl (C=O) groups excluding carboxylic acids is 2. The van der Waals surface area contributed by atoms with Gasteiger partial charge in [-0.15, -0.1) is 0 Å². The molecule has 0 aliphatic heterocycles. The lowest BCUT2D eigenvalue weighted by molar-refractivity contribution is -0.145. The number of ether oxygens (including phenoxy) is 1. The van der Waals surface area contributed by atoms with Crippen molar-refractivity contribution in [3.05, 3.63) is 77.1 Å². The Morgan fingerprint density at radius 2 is 1.69 bits per heavy atom. The molecule has 2 aromatic carbocycles. The number of benzene rings is 2. The predicted molar refractivity (Wildman–Crippen MR) is 127 cm³/mol. The highest BCUT2D eigenvalue weighted by molar-refractivity contribution is 5.93. The number of aliphatic carboxylic acids is 1. The van der Waals surface area contributed by atoms with Crippen molar-refractivity contribution < 1.29 is 24.2 Å². The second-order valence-electron chi connectivity index (χ2n) is 9.00. The molecule has 5 rings (SSSR count). The molecule has 1 fully saturated rings. The van der Waals surface area contributed by atoms with Gasteiger partial charge in [0.1, 0.15) is 12.3 Å². The molecule has 3 N–H and O–H groups in total. The molecule has 2 amide bonds. The summed E-state index contributed by atoms with van der Waals surface area (Å²) in [7, 11) is 1.65. The number of nitrogens with zero attached hydrogens (tertiary/aromatic N) is 2. The molecule has 3 aromatic rings. The van der Waals surface area contributed by atoms with Crippen LogP contribution in [0.4, 0.5) is 4.79 Å². The van der Waals surface area contributed by atoms with E-state index in [4.69, 9.17) is 9.84 Å². The zero-order valence-corrected chi connectivity index (χ0v) is 19.2. The van der Waals surface area contributed by atoms with Crippen LogP contribution in [0.25, 0.3) is 11.1 Å². The lowest BCUT2D eigenvalue weighted by atomic mass is 9.80. The highest BCUT2D eigenvalue weighted by Gasteiger charge is 2.35. The highest BCUT2D eigenvalue weighted by atomic mass is 16.5. The number of fused-ring (bicyclic) bond motifs is 3. The number of rotatable bonds is 7. The molecule has 0 atom stereocenters. The van der Waals surface area contributed by atoms with E-state index >= 15 is 0 Å². The van der Waals surface area contributed by atoms with E-state index in [-0.39, 0.29) is 31.0 Å². The first-order chi connectivity index (χ1) is 16.9. The molecule has 0 radical (unpaired) electrons. The summed E-state index contributed by atoms with van der Waals surface area (Å²) < 4.78 is 6.98. The number of alkyl carbamates (subject to hydrolysis) is 1. The highest BCUT2D eigenvalue weighted by Crippen LogP contribution is 2.44. The van der Waals surface area contributed by atoms with Gasteiger partial charge in [-0.3, -0.25) is 14.3 Å². The SMILES string of the molecule is Cn1nc(CNC(=O)OCC2c3ccccc3-c3ccccc32)cc1C(=O)NC1CC(C(=O)O)C1. The number of amides is 2. The topological polar surface area (TPSA) is 123 Å². The molecular formula is C26H26N4O5. The van der Waals surface area contributed by atoms with Crippen LogP contribution in [0.1, 0.15) is 46.1 Å². The Morgan fingerprint density at radius 1 is 1.06 bits per heavy atom. The van der Waals surface area contributed by atoms with Gasteiger partial charge in [0, 0.05) is 19.0 Å². The monoisotopic (exact) mass is 474 g/mol. The molecular weight excluding hydrogens is 448 g/mol. The van der Waals surface area contributed by atoms with Crippen LogP contribution in [0.3, 0.4) is 0 Å². The summed E-state index contributed by atoms with van der Waals surface area (Å²) in [6.07, 6.45) is 0.294. The van der Waals surface area contributed by atoms with Gasteiger partial charge < -0.3 is 20.5 Å². The maximum atomic E-state index is 12.5. The smallest absolute Gasteiger partial charge is 0.407 e. The van der Waals surface area contributed by atoms with Crippen molar-refractivity contribution in [2.24, 2.45) is 13.0 Å². The minimum atomic E-state index is -0.836. The molecule has 9 heteroatoms. The van der Waals surface area contributed by atoms with Crippen LogP contribution in [-0.2, 0) is 23.1 Å². The second-order valence-corrected chi connectivity index (χ2v) is 9.00. The standard InChI is InChI=1S/C26H26N4O5/c1-30-23(24(31)28-16-10-15(11-16)25(32)33)12-17(29-30)13-27-26(34)35-14-22-20-8-4-2-6-18(20)19-7-3-5-9-21(19)22/h2-9,12,15-16,22H,10-11,13-14H2,1H3,(H,27,34)(H,28,31)(H,32,33). The van der Waals surface area contributed by atoms with E-state index in [0.29, 0.717) is 24.2 Å². The Balaban J connectivity index is 1.14. The Morgan fingerprint density at radius 3 is 2.31 bits per heavy atom. The molecule has 2 aliphatic rings. The van der Waals surface area contributed by atoms with Gasteiger partial charge in [0.2, 0.25) is 0 Å². The first-order valence-electron chi connectivity index (χ1n) is 11.6. The Kier molecular flexibility index (Phi) is 5.98. The quantitative estimate of drug-likeness (QED) is 0.484. The zero-order valence-electron chi connectivity index (χ0n) is 19.2. The lowest BCUT2D eigenvalue weighted by Crippen LogP contribution is -2.47. The van der Waals surface area contributed by atoms with Crippen LogP contribution in [0, 0.1) is 5.92 Å². The van der Waals surface area contributed by atoms with E-state index in [0.717, 1.165) is 22.3 Å². The van der Waals surface area contributed by atoms with Gasteiger partial charge >= 0.3 is 12.1 Å². The molecule has 0 saturated heterocycles. The number of carboxylic acid groups (broad SMARTS) is 1. The summed E-state index contributed by atoms with van der Waals surface area (Å²) in [6, 6.07) is 17.7. The van der Waals surface area contributed by atoms with Gasteiger partial charge in [-0.25, -0.2) is 4.79 Å². The number of aryl methyl sites for hydroxylation is 1. The molecule has 1 saturated carbocycles. The average molecular weight is 475 g/mol. The largest absolute Gasteiger partial charge is 0.481 e. The summed E-state index contributed by atoms with van der Waals surface area (Å²) in [5, 5.41) is 18.8. The van der Waals surface area contributed by atoms with Gasteiger partial charge in [0.25, 0.3) is 5.91 Å². The predicted octanol–water partition coefficient (Wildman–Crippen LogP) is 3.05. The minimum absolute atomic E-state index is 0.0227. The fraction of sp³-hybridized carbons (Fsp3) is 0.308. The van der Waals surface area contributed by atoms with Gasteiger partial charge in [-0.1, -0.05) is 48.5 Å². The van der Waals surface area contributed by atoms with Gasteiger partial charge in [0.05, 0.1) is 18.2 Å². The van der Waals surface area contributed by atoms with E-state index in [1.165, 1.54) is 4.68 Å². The Hall–Kier alpha value is -4.14. The van der Waals surface area contributed by atoms with Crippen LogP contribution < -0.4 is 10.6 Å². The van der Waals surface area contributed by atoms with Gasteiger partial charge in [0.15, 0.2) is 0 Å². The number of aromatic nitrogens is 2. The van der Waals surface area contributed by atoms with Crippen LogP contribution in [0.2, 0.25) is 0 Å². The minimum Gasteiger partial charge on any atom is -0.481 e. The molecule has 0 bridgehead atoms. The molecule has 0 unspecified atom stereocenters.